The van der Waals surface area contributed by atoms with Crippen LogP contribution >= 0.6 is 0 Å². The van der Waals surface area contributed by atoms with E-state index in [1.165, 1.54) is 11.1 Å². The molecule has 0 amide bonds. The number of hydrogen-bond donors (Lipinski definition) is 1. The Morgan fingerprint density at radius 3 is 2.75 bits per heavy atom. The van der Waals surface area contributed by atoms with Gasteiger partial charge in [-0.25, -0.2) is 0 Å². The van der Waals surface area contributed by atoms with E-state index in [0.717, 1.165) is 17.7 Å². The van der Waals surface area contributed by atoms with E-state index in [9.17, 15) is 4.79 Å². The Morgan fingerprint density at radius 2 is 2.06 bits per heavy atom. The quantitative estimate of drug-likeness (QED) is 0.797. The standard InChI is InChI=1S/C13H14N2O/c1-9-5-3-4-6-11(9)7-13-12(8-16)10(2)14-15-13/h3-6,8H,7H2,1-2H3,(H,14,15). The Hall–Kier alpha value is -1.90. The summed E-state index contributed by atoms with van der Waals surface area (Å²) in [4.78, 5) is 10.9. The summed E-state index contributed by atoms with van der Waals surface area (Å²) in [5.41, 5.74) is 4.76. The first-order chi connectivity index (χ1) is 7.72. The molecule has 1 heterocycles. The van der Waals surface area contributed by atoms with Gasteiger partial charge in [-0.05, 0) is 25.0 Å². The van der Waals surface area contributed by atoms with E-state index in [0.29, 0.717) is 12.0 Å². The molecule has 2 aromatic rings. The van der Waals surface area contributed by atoms with E-state index in [-0.39, 0.29) is 0 Å². The molecule has 16 heavy (non-hydrogen) atoms. The Balaban J connectivity index is 2.34. The molecule has 0 aliphatic heterocycles. The van der Waals surface area contributed by atoms with Crippen molar-refractivity contribution < 1.29 is 4.79 Å². The number of nitrogens with zero attached hydrogens (tertiary/aromatic N) is 1. The van der Waals surface area contributed by atoms with Crippen molar-refractivity contribution in [1.82, 2.24) is 10.2 Å². The Labute approximate surface area is 94.5 Å². The van der Waals surface area contributed by atoms with Crippen molar-refractivity contribution in [3.05, 3.63) is 52.3 Å². The third-order valence-electron chi connectivity index (χ3n) is 2.81. The molecule has 3 nitrogen and oxygen atoms in total. The van der Waals surface area contributed by atoms with E-state index in [1.54, 1.807) is 0 Å². The van der Waals surface area contributed by atoms with E-state index in [4.69, 9.17) is 0 Å². The van der Waals surface area contributed by atoms with Crippen molar-refractivity contribution in [2.75, 3.05) is 0 Å². The van der Waals surface area contributed by atoms with Crippen molar-refractivity contribution in [3.63, 3.8) is 0 Å². The van der Waals surface area contributed by atoms with Gasteiger partial charge in [0.25, 0.3) is 0 Å². The maximum atomic E-state index is 10.9. The topological polar surface area (TPSA) is 45.8 Å². The van der Waals surface area contributed by atoms with Gasteiger partial charge in [0, 0.05) is 12.1 Å². The van der Waals surface area contributed by atoms with Gasteiger partial charge in [-0.15, -0.1) is 0 Å². The van der Waals surface area contributed by atoms with E-state index < -0.39 is 0 Å². The molecule has 0 radical (unpaired) electrons. The Morgan fingerprint density at radius 1 is 1.31 bits per heavy atom. The molecular weight excluding hydrogens is 200 g/mol. The predicted molar refractivity (Wildman–Crippen MR) is 62.7 cm³/mol. The summed E-state index contributed by atoms with van der Waals surface area (Å²) >= 11 is 0. The molecule has 3 heteroatoms. The van der Waals surface area contributed by atoms with Crippen molar-refractivity contribution >= 4 is 6.29 Å². The molecule has 1 N–H and O–H groups in total. The number of nitrogens with one attached hydrogen (secondary N) is 1. The second-order valence-electron chi connectivity index (χ2n) is 3.93. The zero-order chi connectivity index (χ0) is 11.5. The van der Waals surface area contributed by atoms with Crippen LogP contribution in [0.15, 0.2) is 24.3 Å². The zero-order valence-corrected chi connectivity index (χ0v) is 9.45. The van der Waals surface area contributed by atoms with Crippen LogP contribution in [0.4, 0.5) is 0 Å². The lowest BCUT2D eigenvalue weighted by atomic mass is 10.0. The van der Waals surface area contributed by atoms with Crippen LogP contribution in [0.25, 0.3) is 0 Å². The molecule has 0 unspecified atom stereocenters. The van der Waals surface area contributed by atoms with Gasteiger partial charge in [0.1, 0.15) is 0 Å². The summed E-state index contributed by atoms with van der Waals surface area (Å²) in [7, 11) is 0. The minimum atomic E-state index is 0.684. The molecule has 0 fully saturated rings. The highest BCUT2D eigenvalue weighted by Crippen LogP contribution is 2.15. The third-order valence-corrected chi connectivity index (χ3v) is 2.81. The van der Waals surface area contributed by atoms with Gasteiger partial charge in [0.2, 0.25) is 0 Å². The molecule has 0 atom stereocenters. The fourth-order valence-electron chi connectivity index (χ4n) is 1.77. The van der Waals surface area contributed by atoms with Crippen LogP contribution in [0.1, 0.15) is 32.9 Å². The number of aldehydes is 1. The lowest BCUT2D eigenvalue weighted by molar-refractivity contribution is 0.112. The van der Waals surface area contributed by atoms with Crippen LogP contribution in [0, 0.1) is 13.8 Å². The first kappa shape index (κ1) is 10.6. The molecule has 0 aliphatic rings. The second kappa shape index (κ2) is 4.31. The van der Waals surface area contributed by atoms with Crippen LogP contribution in [-0.2, 0) is 6.42 Å². The average Bonchev–Trinajstić information content (AvgIpc) is 2.63. The number of H-pyrrole nitrogens is 1. The highest BCUT2D eigenvalue weighted by molar-refractivity contribution is 5.78. The van der Waals surface area contributed by atoms with Crippen molar-refractivity contribution in [3.8, 4) is 0 Å². The van der Waals surface area contributed by atoms with Crippen molar-refractivity contribution in [1.29, 1.82) is 0 Å². The zero-order valence-electron chi connectivity index (χ0n) is 9.45. The third kappa shape index (κ3) is 1.89. The number of benzene rings is 1. The molecule has 0 bridgehead atoms. The fraction of sp³-hybridized carbons (Fsp3) is 0.231. The number of hydrogen-bond acceptors (Lipinski definition) is 2. The van der Waals surface area contributed by atoms with Gasteiger partial charge >= 0.3 is 0 Å². The second-order valence-corrected chi connectivity index (χ2v) is 3.93. The molecule has 0 aliphatic carbocycles. The normalized spacial score (nSPS) is 10.4. The summed E-state index contributed by atoms with van der Waals surface area (Å²) in [6.07, 6.45) is 1.57. The van der Waals surface area contributed by atoms with Gasteiger partial charge in [-0.2, -0.15) is 5.10 Å². The van der Waals surface area contributed by atoms with E-state index >= 15 is 0 Å². The first-order valence-electron chi connectivity index (χ1n) is 5.26. The van der Waals surface area contributed by atoms with Crippen LogP contribution in [0.5, 0.6) is 0 Å². The summed E-state index contributed by atoms with van der Waals surface area (Å²) in [5, 5.41) is 7.01. The van der Waals surface area contributed by atoms with Crippen LogP contribution in [0.2, 0.25) is 0 Å². The van der Waals surface area contributed by atoms with Crippen LogP contribution < -0.4 is 0 Å². The fourth-order valence-corrected chi connectivity index (χ4v) is 1.77. The minimum absolute atomic E-state index is 0.684. The Bertz CT molecular complexity index is 514. The summed E-state index contributed by atoms with van der Waals surface area (Å²) in [6, 6.07) is 8.14. The smallest absolute Gasteiger partial charge is 0.153 e. The van der Waals surface area contributed by atoms with E-state index in [2.05, 4.69) is 29.3 Å². The summed E-state index contributed by atoms with van der Waals surface area (Å²) in [5.74, 6) is 0. The molecule has 1 aromatic carbocycles. The highest BCUT2D eigenvalue weighted by Gasteiger charge is 2.10. The largest absolute Gasteiger partial charge is 0.298 e. The highest BCUT2D eigenvalue weighted by atomic mass is 16.1. The van der Waals surface area contributed by atoms with Crippen molar-refractivity contribution in [2.45, 2.75) is 20.3 Å². The number of rotatable bonds is 3. The number of aromatic nitrogens is 2. The van der Waals surface area contributed by atoms with Crippen LogP contribution in [-0.4, -0.2) is 16.5 Å². The number of carbonyl (C=O) groups is 1. The van der Waals surface area contributed by atoms with Crippen molar-refractivity contribution in [2.24, 2.45) is 0 Å². The molecule has 2 rings (SSSR count). The lowest BCUT2D eigenvalue weighted by Crippen LogP contribution is -1.95. The SMILES string of the molecule is Cc1ccccc1Cc1n[nH]c(C)c1C=O. The average molecular weight is 214 g/mol. The Kier molecular flexibility index (Phi) is 2.86. The summed E-state index contributed by atoms with van der Waals surface area (Å²) < 4.78 is 0. The van der Waals surface area contributed by atoms with Crippen LogP contribution in [0.3, 0.4) is 0 Å². The molecular formula is C13H14N2O. The maximum Gasteiger partial charge on any atom is 0.153 e. The van der Waals surface area contributed by atoms with Gasteiger partial charge in [-0.3, -0.25) is 9.89 Å². The van der Waals surface area contributed by atoms with Gasteiger partial charge in [0.15, 0.2) is 6.29 Å². The predicted octanol–water partition coefficient (Wildman–Crippen LogP) is 2.43. The first-order valence-corrected chi connectivity index (χ1v) is 5.26. The maximum absolute atomic E-state index is 10.9. The minimum Gasteiger partial charge on any atom is -0.298 e. The molecule has 0 spiro atoms. The van der Waals surface area contributed by atoms with E-state index in [1.807, 2.05) is 19.1 Å². The van der Waals surface area contributed by atoms with Gasteiger partial charge < -0.3 is 0 Å². The molecule has 0 saturated heterocycles. The molecule has 0 saturated carbocycles. The van der Waals surface area contributed by atoms with Gasteiger partial charge in [-0.1, -0.05) is 24.3 Å². The number of carbonyl (C=O) groups excluding carboxylic acids is 1. The summed E-state index contributed by atoms with van der Waals surface area (Å²) in [6.45, 7) is 3.92. The van der Waals surface area contributed by atoms with Gasteiger partial charge in [0.05, 0.1) is 11.3 Å². The lowest BCUT2D eigenvalue weighted by Gasteiger charge is -2.03. The molecule has 1 aromatic heterocycles. The molecule has 82 valence electrons. The number of aryl methyl sites for hydroxylation is 2. The monoisotopic (exact) mass is 214 g/mol. The number of aromatic amines is 1.